The molecule has 3 rings (SSSR count). The van der Waals surface area contributed by atoms with Gasteiger partial charge in [0.05, 0.1) is 10.5 Å². The van der Waals surface area contributed by atoms with Crippen molar-refractivity contribution in [3.63, 3.8) is 0 Å². The molecule has 6 nitrogen and oxygen atoms in total. The molecule has 0 amide bonds. The van der Waals surface area contributed by atoms with E-state index in [9.17, 15) is 35.9 Å². The van der Waals surface area contributed by atoms with E-state index in [0.717, 1.165) is 18.2 Å². The number of hydrogen-bond donors (Lipinski definition) is 3. The van der Waals surface area contributed by atoms with Crippen molar-refractivity contribution in [1.82, 2.24) is 9.71 Å². The molecule has 0 aliphatic carbocycles. The Labute approximate surface area is 178 Å². The average molecular weight is 476 g/mol. The molecule has 31 heavy (non-hydrogen) atoms. The van der Waals surface area contributed by atoms with E-state index in [4.69, 9.17) is 0 Å². The molecule has 3 N–H and O–H groups in total. The fourth-order valence-corrected chi connectivity index (χ4v) is 4.90. The van der Waals surface area contributed by atoms with Gasteiger partial charge in [-0.15, -0.1) is 0 Å². The molecule has 12 heteroatoms. The molecular formula is C19H16F4N2O4S2. The summed E-state index contributed by atoms with van der Waals surface area (Å²) in [5, 5.41) is 9.20. The number of thioether (sulfide) groups is 1. The fraction of sp³-hybridized carbons (Fsp3) is 0.211. The van der Waals surface area contributed by atoms with Gasteiger partial charge in [-0.2, -0.15) is 24.9 Å². The first-order valence-electron chi connectivity index (χ1n) is 8.77. The number of aromatic nitrogens is 1. The molecule has 1 heterocycles. The third-order valence-corrected chi connectivity index (χ3v) is 6.75. The number of alkyl halides is 3. The fourth-order valence-electron chi connectivity index (χ4n) is 2.83. The molecule has 3 aromatic rings. The molecule has 0 aliphatic rings. The Morgan fingerprint density at radius 1 is 1.13 bits per heavy atom. The lowest BCUT2D eigenvalue weighted by Gasteiger charge is -2.12. The minimum absolute atomic E-state index is 0.0714. The van der Waals surface area contributed by atoms with Crippen LogP contribution in [0.1, 0.15) is 11.1 Å². The molecule has 0 spiro atoms. The highest BCUT2D eigenvalue weighted by Gasteiger charge is 2.33. The van der Waals surface area contributed by atoms with Crippen LogP contribution in [0.3, 0.4) is 0 Å². The number of aromatic amines is 1. The maximum absolute atomic E-state index is 13.7. The Balaban J connectivity index is 1.72. The van der Waals surface area contributed by atoms with E-state index in [0.29, 0.717) is 6.07 Å². The molecule has 1 aromatic heterocycles. The van der Waals surface area contributed by atoms with Crippen LogP contribution < -0.4 is 10.3 Å². The quantitative estimate of drug-likeness (QED) is 0.358. The summed E-state index contributed by atoms with van der Waals surface area (Å²) in [7, 11) is -4.13. The predicted molar refractivity (Wildman–Crippen MR) is 109 cm³/mol. The summed E-state index contributed by atoms with van der Waals surface area (Å²) < 4.78 is 80.6. The van der Waals surface area contributed by atoms with Gasteiger partial charge < -0.3 is 10.1 Å². The summed E-state index contributed by atoms with van der Waals surface area (Å²) in [5.74, 6) is -0.453. The lowest BCUT2D eigenvalue weighted by atomic mass is 10.1. The Morgan fingerprint density at radius 3 is 2.55 bits per heavy atom. The zero-order chi connectivity index (χ0) is 22.8. The number of benzene rings is 2. The van der Waals surface area contributed by atoms with E-state index in [1.54, 1.807) is 0 Å². The van der Waals surface area contributed by atoms with Gasteiger partial charge in [-0.3, -0.25) is 4.79 Å². The van der Waals surface area contributed by atoms with Crippen LogP contribution in [0.5, 0.6) is 5.75 Å². The largest absolute Gasteiger partial charge is 0.508 e. The monoisotopic (exact) mass is 476 g/mol. The summed E-state index contributed by atoms with van der Waals surface area (Å²) in [4.78, 5) is 13.3. The molecule has 166 valence electrons. The van der Waals surface area contributed by atoms with Crippen molar-refractivity contribution >= 4 is 32.7 Å². The van der Waals surface area contributed by atoms with Gasteiger partial charge >= 0.3 is 6.18 Å². The summed E-state index contributed by atoms with van der Waals surface area (Å²) in [6, 6.07) is 7.30. The number of H-pyrrole nitrogens is 1. The molecule has 0 bridgehead atoms. The van der Waals surface area contributed by atoms with Crippen LogP contribution >= 0.6 is 11.8 Å². The van der Waals surface area contributed by atoms with Gasteiger partial charge in [-0.05, 0) is 30.3 Å². The van der Waals surface area contributed by atoms with Crippen molar-refractivity contribution in [3.05, 3.63) is 69.8 Å². The molecular weight excluding hydrogens is 460 g/mol. The number of phenolic OH excluding ortho intramolecular Hbond substituents is 1. The average Bonchev–Trinajstić information content (AvgIpc) is 2.68. The van der Waals surface area contributed by atoms with Crippen LogP contribution in [0.2, 0.25) is 0 Å². The minimum Gasteiger partial charge on any atom is -0.508 e. The van der Waals surface area contributed by atoms with Gasteiger partial charge in [0.2, 0.25) is 15.6 Å². The third-order valence-electron chi connectivity index (χ3n) is 4.31. The Hall–Kier alpha value is -2.57. The third kappa shape index (κ3) is 5.38. The Bertz CT molecular complexity index is 1250. The SMILES string of the molecule is O=c1cc(C(F)(F)F)c2cc(S(=O)(=O)NCCSCc3c(O)cccc3F)ccc2[nH]1. The van der Waals surface area contributed by atoms with Gasteiger partial charge in [0.1, 0.15) is 11.6 Å². The lowest BCUT2D eigenvalue weighted by molar-refractivity contribution is -0.136. The van der Waals surface area contributed by atoms with Crippen LogP contribution in [-0.2, 0) is 22.0 Å². The highest BCUT2D eigenvalue weighted by molar-refractivity contribution is 7.98. The molecule has 0 radical (unpaired) electrons. The number of sulfonamides is 1. The van der Waals surface area contributed by atoms with E-state index in [-0.39, 0.29) is 34.9 Å². The molecule has 0 aliphatic heterocycles. The van der Waals surface area contributed by atoms with E-state index < -0.39 is 43.4 Å². The highest BCUT2D eigenvalue weighted by Crippen LogP contribution is 2.34. The van der Waals surface area contributed by atoms with Crippen LogP contribution in [0.25, 0.3) is 10.9 Å². The van der Waals surface area contributed by atoms with Crippen LogP contribution in [0.4, 0.5) is 17.6 Å². The molecule has 0 fully saturated rings. The second kappa shape index (κ2) is 8.89. The van der Waals surface area contributed by atoms with Crippen LogP contribution in [-0.4, -0.2) is 30.8 Å². The van der Waals surface area contributed by atoms with Crippen molar-refractivity contribution in [1.29, 1.82) is 0 Å². The molecule has 2 aromatic carbocycles. The number of phenols is 1. The number of pyridine rings is 1. The number of rotatable bonds is 7. The molecule has 0 saturated carbocycles. The number of fused-ring (bicyclic) bond motifs is 1. The summed E-state index contributed by atoms with van der Waals surface area (Å²) >= 11 is 1.17. The zero-order valence-corrected chi connectivity index (χ0v) is 17.3. The minimum atomic E-state index is -4.84. The molecule has 0 unspecified atom stereocenters. The first kappa shape index (κ1) is 23.1. The second-order valence-electron chi connectivity index (χ2n) is 6.44. The van der Waals surface area contributed by atoms with Crippen LogP contribution in [0, 0.1) is 5.82 Å². The van der Waals surface area contributed by atoms with Gasteiger partial charge in [-0.1, -0.05) is 6.07 Å². The molecule has 0 atom stereocenters. The number of hydrogen-bond acceptors (Lipinski definition) is 5. The summed E-state index contributed by atoms with van der Waals surface area (Å²) in [6.07, 6.45) is -4.84. The normalized spacial score (nSPS) is 12.4. The Kier molecular flexibility index (Phi) is 6.62. The second-order valence-corrected chi connectivity index (χ2v) is 9.31. The first-order chi connectivity index (χ1) is 14.5. The molecule has 0 saturated heterocycles. The smallest absolute Gasteiger partial charge is 0.417 e. The van der Waals surface area contributed by atoms with Crippen molar-refractivity contribution < 1.29 is 31.1 Å². The number of halogens is 4. The van der Waals surface area contributed by atoms with Gasteiger partial charge in [-0.25, -0.2) is 17.5 Å². The first-order valence-corrected chi connectivity index (χ1v) is 11.4. The van der Waals surface area contributed by atoms with E-state index >= 15 is 0 Å². The van der Waals surface area contributed by atoms with Crippen LogP contribution in [0.15, 0.2) is 52.2 Å². The zero-order valence-electron chi connectivity index (χ0n) is 15.7. The van der Waals surface area contributed by atoms with E-state index in [2.05, 4.69) is 9.71 Å². The van der Waals surface area contributed by atoms with Gasteiger partial charge in [0, 0.05) is 40.6 Å². The van der Waals surface area contributed by atoms with Gasteiger partial charge in [0.25, 0.3) is 0 Å². The van der Waals surface area contributed by atoms with Crippen molar-refractivity contribution in [2.75, 3.05) is 12.3 Å². The highest BCUT2D eigenvalue weighted by atomic mass is 32.2. The number of aromatic hydroxyl groups is 1. The topological polar surface area (TPSA) is 99.3 Å². The summed E-state index contributed by atoms with van der Waals surface area (Å²) in [6.45, 7) is -0.0714. The Morgan fingerprint density at radius 2 is 1.87 bits per heavy atom. The van der Waals surface area contributed by atoms with E-state index in [1.165, 1.54) is 30.0 Å². The standard InChI is InChI=1S/C19H16F4N2O4S2/c20-15-2-1-3-17(26)13(15)10-30-7-6-24-31(28,29)11-4-5-16-12(8-11)14(19(21,22)23)9-18(27)25-16/h1-5,8-9,24,26H,6-7,10H2,(H,25,27). The lowest BCUT2D eigenvalue weighted by Crippen LogP contribution is -2.26. The van der Waals surface area contributed by atoms with Gasteiger partial charge in [0.15, 0.2) is 0 Å². The summed E-state index contributed by atoms with van der Waals surface area (Å²) in [5.41, 5.74) is -2.23. The van der Waals surface area contributed by atoms with Crippen molar-refractivity contribution in [3.8, 4) is 5.75 Å². The van der Waals surface area contributed by atoms with Crippen molar-refractivity contribution in [2.45, 2.75) is 16.8 Å². The maximum Gasteiger partial charge on any atom is 0.417 e. The predicted octanol–water partition coefficient (Wildman–Crippen LogP) is 3.60. The van der Waals surface area contributed by atoms with Crippen molar-refractivity contribution in [2.24, 2.45) is 0 Å². The van der Waals surface area contributed by atoms with E-state index in [1.807, 2.05) is 0 Å². The number of nitrogens with one attached hydrogen (secondary N) is 2. The maximum atomic E-state index is 13.7.